The van der Waals surface area contributed by atoms with Crippen LogP contribution in [0.1, 0.15) is 51.9 Å². The van der Waals surface area contributed by atoms with E-state index in [1.807, 2.05) is 0 Å². The Morgan fingerprint density at radius 2 is 1.94 bits per heavy atom. The van der Waals surface area contributed by atoms with Crippen molar-refractivity contribution in [2.75, 3.05) is 11.5 Å². The number of hydrogen-bond acceptors (Lipinski definition) is 4. The number of rotatable bonds is 4. The molecule has 0 bridgehead atoms. The molecule has 2 rings (SSSR count). The molecule has 0 aromatic carbocycles. The summed E-state index contributed by atoms with van der Waals surface area (Å²) in [5.41, 5.74) is 5.58. The van der Waals surface area contributed by atoms with Crippen LogP contribution in [0.5, 0.6) is 0 Å². The van der Waals surface area contributed by atoms with Crippen molar-refractivity contribution < 1.29 is 13.2 Å². The summed E-state index contributed by atoms with van der Waals surface area (Å²) in [5, 5.41) is 0. The average Bonchev–Trinajstić information content (AvgIpc) is 2.59. The fourth-order valence-electron chi connectivity index (χ4n) is 3.33. The summed E-state index contributed by atoms with van der Waals surface area (Å²) in [4.78, 5) is 0. The van der Waals surface area contributed by atoms with Gasteiger partial charge >= 0.3 is 0 Å². The number of hydrogen-bond donors (Lipinski definition) is 1. The first-order valence-corrected chi connectivity index (χ1v) is 8.87. The van der Waals surface area contributed by atoms with Crippen LogP contribution in [0.15, 0.2) is 0 Å². The van der Waals surface area contributed by atoms with Crippen molar-refractivity contribution in [2.45, 2.75) is 69.6 Å². The lowest BCUT2D eigenvalue weighted by Gasteiger charge is -2.33. The molecule has 0 radical (unpaired) electrons. The SMILES string of the molecule is CC(N)CS(=O)(=O)CC1CCC2(CCCCC2)O1. The fraction of sp³-hybridized carbons (Fsp3) is 1.00. The summed E-state index contributed by atoms with van der Waals surface area (Å²) in [6.45, 7) is 1.73. The Bertz CT molecular complexity index is 372. The molecule has 18 heavy (non-hydrogen) atoms. The number of nitrogens with two attached hydrogens (primary N) is 1. The first kappa shape index (κ1) is 14.3. The van der Waals surface area contributed by atoms with Gasteiger partial charge in [0.1, 0.15) is 0 Å². The summed E-state index contributed by atoms with van der Waals surface area (Å²) in [7, 11) is -3.07. The van der Waals surface area contributed by atoms with E-state index in [0.717, 1.165) is 25.7 Å². The third-order valence-electron chi connectivity index (χ3n) is 4.06. The summed E-state index contributed by atoms with van der Waals surface area (Å²) >= 11 is 0. The molecule has 0 amide bonds. The zero-order chi connectivity index (χ0) is 13.2. The second-order valence-corrected chi connectivity index (χ2v) is 8.23. The molecule has 4 nitrogen and oxygen atoms in total. The highest BCUT2D eigenvalue weighted by Crippen LogP contribution is 2.42. The highest BCUT2D eigenvalue weighted by atomic mass is 32.2. The molecule has 2 aliphatic rings. The van der Waals surface area contributed by atoms with Crippen LogP contribution < -0.4 is 5.73 Å². The van der Waals surface area contributed by atoms with Crippen LogP contribution in [-0.4, -0.2) is 37.7 Å². The molecule has 106 valence electrons. The van der Waals surface area contributed by atoms with Gasteiger partial charge in [-0.05, 0) is 32.6 Å². The minimum absolute atomic E-state index is 0.00671. The van der Waals surface area contributed by atoms with Gasteiger partial charge in [-0.2, -0.15) is 0 Å². The van der Waals surface area contributed by atoms with Crippen molar-refractivity contribution in [1.29, 1.82) is 0 Å². The van der Waals surface area contributed by atoms with Crippen molar-refractivity contribution in [1.82, 2.24) is 0 Å². The Morgan fingerprint density at radius 1 is 1.28 bits per heavy atom. The quantitative estimate of drug-likeness (QED) is 0.846. The van der Waals surface area contributed by atoms with Gasteiger partial charge in [-0.15, -0.1) is 0 Å². The lowest BCUT2D eigenvalue weighted by Crippen LogP contribution is -2.35. The van der Waals surface area contributed by atoms with Gasteiger partial charge in [-0.3, -0.25) is 0 Å². The van der Waals surface area contributed by atoms with Crippen molar-refractivity contribution in [3.63, 3.8) is 0 Å². The third-order valence-corrected chi connectivity index (χ3v) is 5.97. The molecule has 2 fully saturated rings. The van der Waals surface area contributed by atoms with Crippen LogP contribution in [0.3, 0.4) is 0 Å². The molecule has 0 aromatic heterocycles. The van der Waals surface area contributed by atoms with E-state index in [-0.39, 0.29) is 29.3 Å². The Morgan fingerprint density at radius 3 is 2.56 bits per heavy atom. The van der Waals surface area contributed by atoms with Crippen LogP contribution in [-0.2, 0) is 14.6 Å². The van der Waals surface area contributed by atoms with E-state index >= 15 is 0 Å². The van der Waals surface area contributed by atoms with E-state index < -0.39 is 9.84 Å². The number of sulfone groups is 1. The molecule has 0 aromatic rings. The average molecular weight is 275 g/mol. The second-order valence-electron chi connectivity index (χ2n) is 6.08. The van der Waals surface area contributed by atoms with Crippen LogP contribution in [0, 0.1) is 0 Å². The Balaban J connectivity index is 1.89. The van der Waals surface area contributed by atoms with Crippen molar-refractivity contribution in [2.24, 2.45) is 5.73 Å². The van der Waals surface area contributed by atoms with Crippen LogP contribution in [0.2, 0.25) is 0 Å². The smallest absolute Gasteiger partial charge is 0.154 e. The van der Waals surface area contributed by atoms with Crippen molar-refractivity contribution in [3.8, 4) is 0 Å². The Kier molecular flexibility index (Phi) is 4.34. The summed E-state index contributed by atoms with van der Waals surface area (Å²) in [5.74, 6) is 0.218. The second kappa shape index (κ2) is 5.47. The lowest BCUT2D eigenvalue weighted by atomic mass is 9.83. The molecule has 1 saturated carbocycles. The Hall–Kier alpha value is -0.130. The standard InChI is InChI=1S/C13H25NO3S/c1-11(14)9-18(15,16)10-12-5-8-13(17-12)6-3-2-4-7-13/h11-12H,2-10,14H2,1H3. The summed E-state index contributed by atoms with van der Waals surface area (Å²) in [6, 6.07) is -0.292. The first-order valence-electron chi connectivity index (χ1n) is 7.05. The van der Waals surface area contributed by atoms with Gasteiger partial charge in [0.15, 0.2) is 9.84 Å². The minimum atomic E-state index is -3.07. The summed E-state index contributed by atoms with van der Waals surface area (Å²) < 4.78 is 29.9. The molecule has 2 unspecified atom stereocenters. The van der Waals surface area contributed by atoms with E-state index in [2.05, 4.69) is 0 Å². The van der Waals surface area contributed by atoms with Gasteiger partial charge in [0, 0.05) is 6.04 Å². The Labute approximate surface area is 110 Å². The molecule has 1 heterocycles. The maximum atomic E-state index is 11.9. The molecule has 2 N–H and O–H groups in total. The topological polar surface area (TPSA) is 69.4 Å². The van der Waals surface area contributed by atoms with Gasteiger partial charge in [-0.25, -0.2) is 8.42 Å². The molecule has 1 aliphatic carbocycles. The minimum Gasteiger partial charge on any atom is -0.371 e. The monoisotopic (exact) mass is 275 g/mol. The zero-order valence-electron chi connectivity index (χ0n) is 11.2. The van der Waals surface area contributed by atoms with E-state index in [0.29, 0.717) is 0 Å². The highest BCUT2D eigenvalue weighted by molar-refractivity contribution is 7.91. The molecule has 5 heteroatoms. The van der Waals surface area contributed by atoms with Gasteiger partial charge in [-0.1, -0.05) is 19.3 Å². The van der Waals surface area contributed by atoms with Crippen LogP contribution in [0.4, 0.5) is 0 Å². The third kappa shape index (κ3) is 3.68. The van der Waals surface area contributed by atoms with Crippen molar-refractivity contribution >= 4 is 9.84 Å². The molecular formula is C13H25NO3S. The fourth-order valence-corrected chi connectivity index (χ4v) is 5.07. The number of ether oxygens (including phenoxy) is 1. The zero-order valence-corrected chi connectivity index (χ0v) is 12.0. The largest absolute Gasteiger partial charge is 0.371 e. The van der Waals surface area contributed by atoms with Crippen LogP contribution in [0.25, 0.3) is 0 Å². The van der Waals surface area contributed by atoms with Crippen LogP contribution >= 0.6 is 0 Å². The normalized spacial score (nSPS) is 29.6. The summed E-state index contributed by atoms with van der Waals surface area (Å²) in [6.07, 6.45) is 7.76. The van der Waals surface area contributed by atoms with E-state index in [1.54, 1.807) is 6.92 Å². The molecule has 1 aliphatic heterocycles. The van der Waals surface area contributed by atoms with Gasteiger partial charge < -0.3 is 10.5 Å². The predicted octanol–water partition coefficient (Wildman–Crippen LogP) is 1.63. The van der Waals surface area contributed by atoms with E-state index in [4.69, 9.17) is 10.5 Å². The maximum Gasteiger partial charge on any atom is 0.154 e. The maximum absolute atomic E-state index is 11.9. The molecular weight excluding hydrogens is 250 g/mol. The molecule has 2 atom stereocenters. The molecule has 1 saturated heterocycles. The van der Waals surface area contributed by atoms with E-state index in [1.165, 1.54) is 19.3 Å². The highest BCUT2D eigenvalue weighted by Gasteiger charge is 2.41. The predicted molar refractivity (Wildman–Crippen MR) is 72.2 cm³/mol. The molecule has 1 spiro atoms. The lowest BCUT2D eigenvalue weighted by molar-refractivity contribution is -0.0559. The van der Waals surface area contributed by atoms with E-state index in [9.17, 15) is 8.42 Å². The first-order chi connectivity index (χ1) is 8.41. The van der Waals surface area contributed by atoms with Gasteiger partial charge in [0.25, 0.3) is 0 Å². The van der Waals surface area contributed by atoms with Gasteiger partial charge in [0.05, 0.1) is 23.2 Å². The van der Waals surface area contributed by atoms with Crippen molar-refractivity contribution in [3.05, 3.63) is 0 Å². The van der Waals surface area contributed by atoms with Gasteiger partial charge in [0.2, 0.25) is 0 Å².